The van der Waals surface area contributed by atoms with Gasteiger partial charge < -0.3 is 19.8 Å². The fourth-order valence-corrected chi connectivity index (χ4v) is 2.14. The Morgan fingerprint density at radius 1 is 1.33 bits per heavy atom. The number of nitrogens with two attached hydrogens (primary N) is 1. The molecule has 0 radical (unpaired) electrons. The molecule has 0 aliphatic carbocycles. The van der Waals surface area contributed by atoms with Crippen LogP contribution in [0.5, 0.6) is 11.5 Å². The number of aryl methyl sites for hydroxylation is 1. The fraction of sp³-hybridized carbons (Fsp3) is 0.333. The van der Waals surface area contributed by atoms with Crippen molar-refractivity contribution in [2.75, 3.05) is 20.0 Å². The molecule has 2 aromatic rings. The first-order valence-electron chi connectivity index (χ1n) is 6.69. The number of nitrogens with zero attached hydrogens (tertiary/aromatic N) is 2. The molecule has 2 rings (SSSR count). The summed E-state index contributed by atoms with van der Waals surface area (Å²) in [7, 11) is 3.02. The summed E-state index contributed by atoms with van der Waals surface area (Å²) in [5.41, 5.74) is 6.62. The van der Waals surface area contributed by atoms with E-state index in [1.165, 1.54) is 14.2 Å². The van der Waals surface area contributed by atoms with Gasteiger partial charge in [0.2, 0.25) is 5.78 Å². The highest BCUT2D eigenvalue weighted by molar-refractivity contribution is 6.11. The molecule has 1 aromatic heterocycles. The van der Waals surface area contributed by atoms with Crippen molar-refractivity contribution in [1.29, 1.82) is 0 Å². The number of ketones is 1. The molecule has 6 nitrogen and oxygen atoms in total. The van der Waals surface area contributed by atoms with Crippen molar-refractivity contribution < 1.29 is 14.3 Å². The Hall–Kier alpha value is -2.50. The summed E-state index contributed by atoms with van der Waals surface area (Å²) in [6.45, 7) is 2.76. The number of anilines is 1. The fourth-order valence-electron chi connectivity index (χ4n) is 2.14. The first-order chi connectivity index (χ1) is 10.1. The maximum absolute atomic E-state index is 12.7. The molecular weight excluding hydrogens is 270 g/mol. The van der Waals surface area contributed by atoms with Crippen molar-refractivity contribution in [2.45, 2.75) is 19.9 Å². The van der Waals surface area contributed by atoms with Gasteiger partial charge in [0, 0.05) is 25.0 Å². The van der Waals surface area contributed by atoms with Crippen molar-refractivity contribution in [3.63, 3.8) is 0 Å². The lowest BCUT2D eigenvalue weighted by Gasteiger charge is -2.12. The molecular formula is C15H19N3O3. The molecule has 6 heteroatoms. The van der Waals surface area contributed by atoms with Crippen molar-refractivity contribution in [2.24, 2.45) is 0 Å². The highest BCUT2D eigenvalue weighted by Gasteiger charge is 2.21. The standard InChI is InChI=1S/C15H19N3O3/c1-4-6-18-7-5-17-15(18)14(19)11-8-10(20-2)9-12(21-3)13(11)16/h5,7-9H,4,6,16H2,1-3H3. The summed E-state index contributed by atoms with van der Waals surface area (Å²) >= 11 is 0. The molecule has 112 valence electrons. The zero-order valence-corrected chi connectivity index (χ0v) is 12.4. The van der Waals surface area contributed by atoms with E-state index >= 15 is 0 Å². The van der Waals surface area contributed by atoms with E-state index in [4.69, 9.17) is 15.2 Å². The van der Waals surface area contributed by atoms with Gasteiger partial charge in [0.05, 0.1) is 25.5 Å². The van der Waals surface area contributed by atoms with Gasteiger partial charge in [0.25, 0.3) is 0 Å². The molecule has 0 amide bonds. The van der Waals surface area contributed by atoms with Crippen LogP contribution in [0.4, 0.5) is 5.69 Å². The van der Waals surface area contributed by atoms with Crippen LogP contribution in [0.3, 0.4) is 0 Å². The zero-order chi connectivity index (χ0) is 15.4. The second kappa shape index (κ2) is 6.30. The summed E-state index contributed by atoms with van der Waals surface area (Å²) in [4.78, 5) is 16.8. The van der Waals surface area contributed by atoms with Crippen molar-refractivity contribution in [3.05, 3.63) is 35.9 Å². The minimum absolute atomic E-state index is 0.247. The highest BCUT2D eigenvalue weighted by Crippen LogP contribution is 2.32. The van der Waals surface area contributed by atoms with Crippen LogP contribution in [0.25, 0.3) is 0 Å². The van der Waals surface area contributed by atoms with E-state index in [0.29, 0.717) is 22.9 Å². The van der Waals surface area contributed by atoms with Crippen LogP contribution >= 0.6 is 0 Å². The molecule has 0 aliphatic rings. The Kier molecular flexibility index (Phi) is 4.47. The van der Waals surface area contributed by atoms with Crippen LogP contribution in [0.1, 0.15) is 29.5 Å². The number of nitrogen functional groups attached to an aromatic ring is 1. The average Bonchev–Trinajstić information content (AvgIpc) is 2.95. The Bertz CT molecular complexity index is 650. The van der Waals surface area contributed by atoms with Crippen LogP contribution in [-0.4, -0.2) is 29.6 Å². The Balaban J connectivity index is 2.49. The van der Waals surface area contributed by atoms with Gasteiger partial charge in [-0.05, 0) is 12.5 Å². The Morgan fingerprint density at radius 2 is 2.10 bits per heavy atom. The molecule has 0 fully saturated rings. The van der Waals surface area contributed by atoms with E-state index in [0.717, 1.165) is 13.0 Å². The predicted octanol–water partition coefficient (Wildman–Crippen LogP) is 2.12. The van der Waals surface area contributed by atoms with Crippen molar-refractivity contribution in [1.82, 2.24) is 9.55 Å². The summed E-state index contributed by atoms with van der Waals surface area (Å²) in [5.74, 6) is 1.03. The number of rotatable bonds is 6. The topological polar surface area (TPSA) is 79.4 Å². The van der Waals surface area contributed by atoms with E-state index in [1.54, 1.807) is 24.5 Å². The third-order valence-corrected chi connectivity index (χ3v) is 3.20. The first-order valence-corrected chi connectivity index (χ1v) is 6.69. The molecule has 2 N–H and O–H groups in total. The minimum atomic E-state index is -0.247. The lowest BCUT2D eigenvalue weighted by atomic mass is 10.1. The number of methoxy groups -OCH3 is 2. The first kappa shape index (κ1) is 14.9. The second-order valence-electron chi connectivity index (χ2n) is 4.56. The van der Waals surface area contributed by atoms with Gasteiger partial charge in [-0.25, -0.2) is 4.98 Å². The van der Waals surface area contributed by atoms with E-state index in [2.05, 4.69) is 4.98 Å². The number of aromatic nitrogens is 2. The largest absolute Gasteiger partial charge is 0.497 e. The van der Waals surface area contributed by atoms with Gasteiger partial charge in [0.15, 0.2) is 5.82 Å². The highest BCUT2D eigenvalue weighted by atomic mass is 16.5. The summed E-state index contributed by atoms with van der Waals surface area (Å²) < 4.78 is 12.2. The van der Waals surface area contributed by atoms with Crippen molar-refractivity contribution >= 4 is 11.5 Å². The molecule has 0 atom stereocenters. The molecule has 1 heterocycles. The number of carbonyl (C=O) groups is 1. The molecule has 0 saturated carbocycles. The number of imidazole rings is 1. The van der Waals surface area contributed by atoms with Crippen molar-refractivity contribution in [3.8, 4) is 11.5 Å². The lowest BCUT2D eigenvalue weighted by molar-refractivity contribution is 0.102. The number of benzene rings is 1. The number of hydrogen-bond donors (Lipinski definition) is 1. The van der Waals surface area contributed by atoms with Gasteiger partial charge >= 0.3 is 0 Å². The van der Waals surface area contributed by atoms with Crippen LogP contribution in [0.2, 0.25) is 0 Å². The average molecular weight is 289 g/mol. The van der Waals surface area contributed by atoms with Crippen LogP contribution < -0.4 is 15.2 Å². The van der Waals surface area contributed by atoms with E-state index in [-0.39, 0.29) is 11.5 Å². The predicted molar refractivity (Wildman–Crippen MR) is 79.9 cm³/mol. The van der Waals surface area contributed by atoms with E-state index in [9.17, 15) is 4.79 Å². The van der Waals surface area contributed by atoms with Gasteiger partial charge in [-0.2, -0.15) is 0 Å². The summed E-state index contributed by atoms with van der Waals surface area (Å²) in [6.07, 6.45) is 4.30. The SMILES string of the molecule is CCCn1ccnc1C(=O)c1cc(OC)cc(OC)c1N. The van der Waals surface area contributed by atoms with Gasteiger partial charge in [-0.1, -0.05) is 6.92 Å². The Labute approximate surface area is 123 Å². The monoisotopic (exact) mass is 289 g/mol. The quantitative estimate of drug-likeness (QED) is 0.651. The van der Waals surface area contributed by atoms with Gasteiger partial charge in [0.1, 0.15) is 11.5 Å². The summed E-state index contributed by atoms with van der Waals surface area (Å²) in [6, 6.07) is 3.25. The molecule has 21 heavy (non-hydrogen) atoms. The molecule has 0 unspecified atom stereocenters. The molecule has 0 saturated heterocycles. The molecule has 0 spiro atoms. The smallest absolute Gasteiger partial charge is 0.230 e. The zero-order valence-electron chi connectivity index (χ0n) is 12.4. The number of ether oxygens (including phenoxy) is 2. The molecule has 1 aromatic carbocycles. The third kappa shape index (κ3) is 2.84. The van der Waals surface area contributed by atoms with Crippen LogP contribution in [0, 0.1) is 0 Å². The number of hydrogen-bond acceptors (Lipinski definition) is 5. The van der Waals surface area contributed by atoms with Gasteiger partial charge in [-0.3, -0.25) is 4.79 Å². The Morgan fingerprint density at radius 3 is 2.71 bits per heavy atom. The van der Waals surface area contributed by atoms with Gasteiger partial charge in [-0.15, -0.1) is 0 Å². The van der Waals surface area contributed by atoms with E-state index in [1.807, 2.05) is 11.5 Å². The minimum Gasteiger partial charge on any atom is -0.497 e. The number of carbonyl (C=O) groups excluding carboxylic acids is 1. The maximum Gasteiger partial charge on any atom is 0.230 e. The second-order valence-corrected chi connectivity index (χ2v) is 4.56. The van der Waals surface area contributed by atoms with Crippen LogP contribution in [-0.2, 0) is 6.54 Å². The third-order valence-electron chi connectivity index (χ3n) is 3.20. The van der Waals surface area contributed by atoms with Crippen LogP contribution in [0.15, 0.2) is 24.5 Å². The molecule has 0 aliphatic heterocycles. The summed E-state index contributed by atoms with van der Waals surface area (Å²) in [5, 5.41) is 0. The van der Waals surface area contributed by atoms with E-state index < -0.39 is 0 Å². The maximum atomic E-state index is 12.7. The lowest BCUT2D eigenvalue weighted by Crippen LogP contribution is -2.13. The molecule has 0 bridgehead atoms. The normalized spacial score (nSPS) is 10.4.